The van der Waals surface area contributed by atoms with Gasteiger partial charge in [0.1, 0.15) is 0 Å². The van der Waals surface area contributed by atoms with Crippen LogP contribution in [0.2, 0.25) is 0 Å². The van der Waals surface area contributed by atoms with Crippen molar-refractivity contribution in [2.45, 2.75) is 6.92 Å². The molecule has 0 unspecified atom stereocenters. The van der Waals surface area contributed by atoms with Crippen LogP contribution in [0, 0.1) is 0 Å². The van der Waals surface area contributed by atoms with Crippen molar-refractivity contribution < 1.29 is 14.3 Å². The molecule has 0 heterocycles. The van der Waals surface area contributed by atoms with E-state index in [2.05, 4.69) is 17.0 Å². The number of carbonyl (C=O) groups is 1. The summed E-state index contributed by atoms with van der Waals surface area (Å²) in [5, 5.41) is 1.08. The van der Waals surface area contributed by atoms with Crippen LogP contribution in [-0.2, 0) is 14.3 Å². The second-order valence-corrected chi connectivity index (χ2v) is 0.802. The number of thiocarbonyl (C=S) groups is 1. The van der Waals surface area contributed by atoms with E-state index in [0.29, 0.717) is 13.1 Å². The fourth-order valence-corrected chi connectivity index (χ4v) is 0.0680. The number of carbonyl (C=O) groups excluding carboxylic acids is 2. The molecule has 0 bridgehead atoms. The summed E-state index contributed by atoms with van der Waals surface area (Å²) < 4.78 is 4.15. The number of rotatable bonds is 2. The van der Waals surface area contributed by atoms with E-state index in [1.807, 2.05) is 0 Å². The molecule has 0 amide bonds. The van der Waals surface area contributed by atoms with Gasteiger partial charge >= 0.3 is 0 Å². The van der Waals surface area contributed by atoms with Gasteiger partial charge < -0.3 is 4.74 Å². The second-order valence-electron chi connectivity index (χ2n) is 0.635. The van der Waals surface area contributed by atoms with E-state index in [-0.39, 0.29) is 0 Å². The first-order valence-corrected chi connectivity index (χ1v) is 2.28. The molecule has 0 aromatic heterocycles. The molecule has 8 heavy (non-hydrogen) atoms. The van der Waals surface area contributed by atoms with Crippen molar-refractivity contribution in [3.8, 4) is 0 Å². The standard InChI is InChI=1S/C3H6O2.COS/c1-2-5-3-4;2-1-3/h3H,2H2,1H3;. The quantitative estimate of drug-likeness (QED) is 0.405. The fraction of sp³-hybridized carbons (Fsp3) is 0.500. The fourth-order valence-electron chi connectivity index (χ4n) is 0.0680. The molecule has 3 nitrogen and oxygen atoms in total. The number of hydrogen-bond acceptors (Lipinski definition) is 4. The predicted molar refractivity (Wildman–Crippen MR) is 31.0 cm³/mol. The summed E-state index contributed by atoms with van der Waals surface area (Å²) in [5.41, 5.74) is 0. The van der Waals surface area contributed by atoms with Crippen molar-refractivity contribution in [1.29, 1.82) is 0 Å². The first-order valence-electron chi connectivity index (χ1n) is 1.88. The minimum Gasteiger partial charge on any atom is -0.468 e. The molecule has 46 valence electrons. The Morgan fingerprint density at radius 1 is 1.88 bits per heavy atom. The summed E-state index contributed by atoms with van der Waals surface area (Å²) >= 11 is 3.59. The second kappa shape index (κ2) is 16.3. The lowest BCUT2D eigenvalue weighted by Gasteiger charge is -1.79. The van der Waals surface area contributed by atoms with Crippen LogP contribution in [-0.4, -0.2) is 18.3 Å². The van der Waals surface area contributed by atoms with Crippen molar-refractivity contribution >= 4 is 23.9 Å². The van der Waals surface area contributed by atoms with E-state index in [1.54, 1.807) is 6.92 Å². The normalized spacial score (nSPS) is 5.12. The first kappa shape index (κ1) is 10.3. The van der Waals surface area contributed by atoms with Crippen LogP contribution in [0.3, 0.4) is 0 Å². The third kappa shape index (κ3) is 59.6. The highest BCUT2D eigenvalue weighted by molar-refractivity contribution is 7.78. The van der Waals surface area contributed by atoms with E-state index >= 15 is 0 Å². The van der Waals surface area contributed by atoms with Crippen LogP contribution >= 0.6 is 12.2 Å². The molecule has 0 radical (unpaired) electrons. The van der Waals surface area contributed by atoms with Crippen molar-refractivity contribution in [1.82, 2.24) is 0 Å². The zero-order valence-corrected chi connectivity index (χ0v) is 5.23. The van der Waals surface area contributed by atoms with Crippen molar-refractivity contribution in [2.24, 2.45) is 0 Å². The molecule has 0 aromatic carbocycles. The van der Waals surface area contributed by atoms with Gasteiger partial charge in [-0.1, -0.05) is 0 Å². The molecule has 4 heteroatoms. The maximum atomic E-state index is 9.18. The highest BCUT2D eigenvalue weighted by Gasteiger charge is 1.60. The molecule has 0 rings (SSSR count). The van der Waals surface area contributed by atoms with E-state index in [1.165, 1.54) is 0 Å². The van der Waals surface area contributed by atoms with Crippen LogP contribution in [0.5, 0.6) is 0 Å². The van der Waals surface area contributed by atoms with E-state index in [4.69, 9.17) is 4.79 Å². The SMILES string of the molecule is CCOC=O.O=C=S. The van der Waals surface area contributed by atoms with Gasteiger partial charge in [-0.2, -0.15) is 0 Å². The third-order valence-corrected chi connectivity index (χ3v) is 0.235. The molecule has 0 saturated carbocycles. The Balaban J connectivity index is 0. The minimum absolute atomic E-state index is 0.431. The van der Waals surface area contributed by atoms with Crippen LogP contribution in [0.4, 0.5) is 0 Å². The molecule has 0 aliphatic carbocycles. The molecule has 0 N–H and O–H groups in total. The van der Waals surface area contributed by atoms with Crippen LogP contribution in [0.25, 0.3) is 0 Å². The van der Waals surface area contributed by atoms with Crippen LogP contribution < -0.4 is 0 Å². The molecule has 0 spiro atoms. The van der Waals surface area contributed by atoms with Gasteiger partial charge in [-0.05, 0) is 6.92 Å². The summed E-state index contributed by atoms with van der Waals surface area (Å²) in [7, 11) is 0. The van der Waals surface area contributed by atoms with Gasteiger partial charge in [0.05, 0.1) is 6.61 Å². The Hall–Kier alpha value is -0.730. The molecular weight excluding hydrogens is 128 g/mol. The summed E-state index contributed by atoms with van der Waals surface area (Å²) in [6, 6.07) is 0. The van der Waals surface area contributed by atoms with E-state index in [9.17, 15) is 4.79 Å². The average Bonchev–Trinajstić information content (AvgIpc) is 1.71. The zero-order chi connectivity index (χ0) is 6.83. The molecule has 0 atom stereocenters. The molecule has 0 saturated heterocycles. The molecule has 0 aromatic rings. The van der Waals surface area contributed by atoms with E-state index < -0.39 is 0 Å². The summed E-state index contributed by atoms with van der Waals surface area (Å²) in [4.78, 5) is 17.7. The monoisotopic (exact) mass is 134 g/mol. The van der Waals surface area contributed by atoms with E-state index in [0.717, 1.165) is 5.23 Å². The Morgan fingerprint density at radius 2 is 2.25 bits per heavy atom. The Kier molecular flexibility index (Phi) is 20.9. The molecule has 0 aliphatic rings. The first-order chi connectivity index (χ1) is 3.83. The van der Waals surface area contributed by atoms with Crippen molar-refractivity contribution in [2.75, 3.05) is 6.61 Å². The van der Waals surface area contributed by atoms with Gasteiger partial charge in [0.2, 0.25) is 5.23 Å². The van der Waals surface area contributed by atoms with Gasteiger partial charge in [-0.15, -0.1) is 0 Å². The minimum atomic E-state index is 0.431. The number of ether oxygens (including phenoxy) is 1. The number of hydrogen-bond donors (Lipinski definition) is 0. The molecule has 0 fully saturated rings. The van der Waals surface area contributed by atoms with Crippen LogP contribution in [0.15, 0.2) is 0 Å². The molecular formula is C4H6O3S. The lowest BCUT2D eigenvalue weighted by atomic mass is 10.9. The summed E-state index contributed by atoms with van der Waals surface area (Å²) in [6.45, 7) is 2.66. The van der Waals surface area contributed by atoms with Crippen molar-refractivity contribution in [3.63, 3.8) is 0 Å². The maximum Gasteiger partial charge on any atom is 0.293 e. The van der Waals surface area contributed by atoms with Gasteiger partial charge in [0.15, 0.2) is 0 Å². The lowest BCUT2D eigenvalue weighted by molar-refractivity contribution is -0.128. The lowest BCUT2D eigenvalue weighted by Crippen LogP contribution is -1.80. The molecule has 0 aliphatic heterocycles. The zero-order valence-electron chi connectivity index (χ0n) is 4.42. The maximum absolute atomic E-state index is 9.18. The highest BCUT2D eigenvalue weighted by Crippen LogP contribution is 1.55. The smallest absolute Gasteiger partial charge is 0.293 e. The van der Waals surface area contributed by atoms with Gasteiger partial charge in [0, 0.05) is 12.2 Å². The topological polar surface area (TPSA) is 43.4 Å². The summed E-state index contributed by atoms with van der Waals surface area (Å²) in [5.74, 6) is 0. The highest BCUT2D eigenvalue weighted by atomic mass is 32.1. The summed E-state index contributed by atoms with van der Waals surface area (Å²) in [6.07, 6.45) is 0. The Bertz CT molecular complexity index is 75.4. The van der Waals surface area contributed by atoms with Gasteiger partial charge in [-0.25, -0.2) is 4.79 Å². The largest absolute Gasteiger partial charge is 0.468 e. The predicted octanol–water partition coefficient (Wildman–Crippen LogP) is 0.430. The average molecular weight is 134 g/mol. The Labute approximate surface area is 52.6 Å². The van der Waals surface area contributed by atoms with Crippen molar-refractivity contribution in [3.05, 3.63) is 0 Å². The van der Waals surface area contributed by atoms with Gasteiger partial charge in [-0.3, -0.25) is 4.79 Å². The third-order valence-electron chi connectivity index (χ3n) is 0.235. The van der Waals surface area contributed by atoms with Crippen LogP contribution in [0.1, 0.15) is 6.92 Å². The Morgan fingerprint density at radius 3 is 2.25 bits per heavy atom. The van der Waals surface area contributed by atoms with Gasteiger partial charge in [0.25, 0.3) is 6.47 Å².